The first-order chi connectivity index (χ1) is 7.35. The van der Waals surface area contributed by atoms with Crippen molar-refractivity contribution in [2.24, 2.45) is 0 Å². The Morgan fingerprint density at radius 2 is 2.27 bits per heavy atom. The highest BCUT2D eigenvalue weighted by Crippen LogP contribution is 2.22. The van der Waals surface area contributed by atoms with E-state index in [0.717, 1.165) is 29.5 Å². The molecular weight excluding hydrogens is 188 g/mol. The van der Waals surface area contributed by atoms with Crippen LogP contribution in [-0.4, -0.2) is 12.2 Å². The third kappa shape index (κ3) is 1.91. The molecule has 0 bridgehead atoms. The largest absolute Gasteiger partial charge is 0.496 e. The maximum absolute atomic E-state index is 5.32. The number of fused-ring (bicyclic) bond motifs is 1. The van der Waals surface area contributed by atoms with Crippen LogP contribution in [0.3, 0.4) is 0 Å². The lowest BCUT2D eigenvalue weighted by molar-refractivity contribution is -0.752. The standard InChI is InChI=1S/C12H15N2O/c1-3-7-14-9-11-10(8-13-14)5-4-6-12(11)15-2/h4-6,8-9H,3,7H2,1-2H3/q+1. The lowest BCUT2D eigenvalue weighted by Crippen LogP contribution is -2.36. The van der Waals surface area contributed by atoms with E-state index in [9.17, 15) is 0 Å². The summed E-state index contributed by atoms with van der Waals surface area (Å²) in [4.78, 5) is 0. The summed E-state index contributed by atoms with van der Waals surface area (Å²) >= 11 is 0. The first-order valence-electron chi connectivity index (χ1n) is 5.17. The Labute approximate surface area is 89.3 Å². The number of aryl methyl sites for hydroxylation is 1. The van der Waals surface area contributed by atoms with Crippen molar-refractivity contribution in [3.8, 4) is 5.75 Å². The molecule has 0 aliphatic heterocycles. The average molecular weight is 203 g/mol. The van der Waals surface area contributed by atoms with Crippen molar-refractivity contribution in [3.63, 3.8) is 0 Å². The van der Waals surface area contributed by atoms with Gasteiger partial charge in [0.05, 0.1) is 12.5 Å². The second kappa shape index (κ2) is 4.26. The van der Waals surface area contributed by atoms with Gasteiger partial charge in [-0.3, -0.25) is 0 Å². The number of benzene rings is 1. The molecule has 78 valence electrons. The van der Waals surface area contributed by atoms with Gasteiger partial charge in [0.15, 0.2) is 6.54 Å². The lowest BCUT2D eigenvalue weighted by atomic mass is 10.2. The smallest absolute Gasteiger partial charge is 0.207 e. The number of hydrogen-bond donors (Lipinski definition) is 0. The lowest BCUT2D eigenvalue weighted by Gasteiger charge is -2.02. The van der Waals surface area contributed by atoms with Crippen LogP contribution >= 0.6 is 0 Å². The minimum atomic E-state index is 0.903. The van der Waals surface area contributed by atoms with Crippen molar-refractivity contribution < 1.29 is 9.42 Å². The molecule has 2 rings (SSSR count). The molecule has 2 aromatic rings. The zero-order valence-electron chi connectivity index (χ0n) is 9.10. The number of ether oxygens (including phenoxy) is 1. The summed E-state index contributed by atoms with van der Waals surface area (Å²) in [5.74, 6) is 0.903. The van der Waals surface area contributed by atoms with E-state index in [2.05, 4.69) is 12.0 Å². The molecule has 0 saturated carbocycles. The summed E-state index contributed by atoms with van der Waals surface area (Å²) in [6, 6.07) is 5.99. The van der Waals surface area contributed by atoms with Gasteiger partial charge in [-0.25, -0.2) is 0 Å². The molecular formula is C12H15N2O+. The fourth-order valence-electron chi connectivity index (χ4n) is 1.66. The van der Waals surface area contributed by atoms with Gasteiger partial charge in [-0.1, -0.05) is 23.7 Å². The van der Waals surface area contributed by atoms with E-state index >= 15 is 0 Å². The zero-order chi connectivity index (χ0) is 10.7. The van der Waals surface area contributed by atoms with Gasteiger partial charge >= 0.3 is 0 Å². The molecule has 0 unspecified atom stereocenters. The van der Waals surface area contributed by atoms with Crippen LogP contribution in [0.4, 0.5) is 0 Å². The van der Waals surface area contributed by atoms with E-state index in [1.165, 1.54) is 0 Å². The van der Waals surface area contributed by atoms with Gasteiger partial charge in [0, 0.05) is 11.8 Å². The highest BCUT2D eigenvalue weighted by Gasteiger charge is 2.07. The Morgan fingerprint density at radius 3 is 3.00 bits per heavy atom. The fraction of sp³-hybridized carbons (Fsp3) is 0.333. The Hall–Kier alpha value is -1.64. The van der Waals surface area contributed by atoms with Crippen LogP contribution in [-0.2, 0) is 6.54 Å². The first-order valence-corrected chi connectivity index (χ1v) is 5.17. The maximum Gasteiger partial charge on any atom is 0.207 e. The summed E-state index contributed by atoms with van der Waals surface area (Å²) < 4.78 is 7.27. The van der Waals surface area contributed by atoms with Crippen LogP contribution in [0.25, 0.3) is 10.8 Å². The second-order valence-corrected chi connectivity index (χ2v) is 3.50. The van der Waals surface area contributed by atoms with Gasteiger partial charge in [0.25, 0.3) is 0 Å². The molecule has 3 heteroatoms. The van der Waals surface area contributed by atoms with Crippen LogP contribution in [0.15, 0.2) is 30.6 Å². The molecule has 0 spiro atoms. The number of nitrogens with zero attached hydrogens (tertiary/aromatic N) is 2. The van der Waals surface area contributed by atoms with E-state index in [1.54, 1.807) is 7.11 Å². The highest BCUT2D eigenvalue weighted by molar-refractivity contribution is 5.86. The van der Waals surface area contributed by atoms with Crippen molar-refractivity contribution in [3.05, 3.63) is 30.6 Å². The van der Waals surface area contributed by atoms with Gasteiger partial charge in [-0.05, 0) is 11.2 Å². The van der Waals surface area contributed by atoms with Crippen LogP contribution in [0.1, 0.15) is 13.3 Å². The Kier molecular flexibility index (Phi) is 2.81. The minimum absolute atomic E-state index is 0.903. The molecule has 0 aliphatic rings. The number of methoxy groups -OCH3 is 1. The molecule has 1 heterocycles. The summed E-state index contributed by atoms with van der Waals surface area (Å²) in [5.41, 5.74) is 0. The topological polar surface area (TPSA) is 26.0 Å². The van der Waals surface area contributed by atoms with Gasteiger partial charge in [-0.15, -0.1) is 0 Å². The van der Waals surface area contributed by atoms with Gasteiger partial charge in [0.2, 0.25) is 6.20 Å². The van der Waals surface area contributed by atoms with E-state index in [-0.39, 0.29) is 0 Å². The Balaban J connectivity index is 2.57. The molecule has 0 radical (unpaired) electrons. The third-order valence-electron chi connectivity index (χ3n) is 2.40. The van der Waals surface area contributed by atoms with E-state index in [1.807, 2.05) is 35.3 Å². The maximum atomic E-state index is 5.32. The monoisotopic (exact) mass is 203 g/mol. The van der Waals surface area contributed by atoms with Gasteiger partial charge in [-0.2, -0.15) is 0 Å². The summed E-state index contributed by atoms with van der Waals surface area (Å²) in [6.45, 7) is 3.08. The second-order valence-electron chi connectivity index (χ2n) is 3.50. The summed E-state index contributed by atoms with van der Waals surface area (Å²) in [7, 11) is 1.69. The molecule has 0 fully saturated rings. The van der Waals surface area contributed by atoms with Crippen molar-refractivity contribution >= 4 is 10.8 Å². The molecule has 0 aliphatic carbocycles. The quantitative estimate of drug-likeness (QED) is 0.712. The van der Waals surface area contributed by atoms with E-state index in [0.29, 0.717) is 0 Å². The van der Waals surface area contributed by atoms with Gasteiger partial charge in [0.1, 0.15) is 11.9 Å². The molecule has 1 aromatic heterocycles. The summed E-state index contributed by atoms with van der Waals surface area (Å²) in [6.07, 6.45) is 5.00. The summed E-state index contributed by atoms with van der Waals surface area (Å²) in [5, 5.41) is 6.56. The Morgan fingerprint density at radius 1 is 1.40 bits per heavy atom. The molecule has 0 saturated heterocycles. The van der Waals surface area contributed by atoms with Crippen LogP contribution in [0.2, 0.25) is 0 Å². The molecule has 0 atom stereocenters. The molecule has 3 nitrogen and oxygen atoms in total. The molecule has 0 N–H and O–H groups in total. The van der Waals surface area contributed by atoms with Gasteiger partial charge < -0.3 is 4.74 Å². The van der Waals surface area contributed by atoms with Crippen molar-refractivity contribution in [1.82, 2.24) is 5.10 Å². The van der Waals surface area contributed by atoms with Crippen LogP contribution in [0.5, 0.6) is 5.75 Å². The predicted molar refractivity (Wildman–Crippen MR) is 58.8 cm³/mol. The third-order valence-corrected chi connectivity index (χ3v) is 2.40. The normalized spacial score (nSPS) is 10.5. The van der Waals surface area contributed by atoms with Crippen molar-refractivity contribution in [1.29, 1.82) is 0 Å². The average Bonchev–Trinajstić information content (AvgIpc) is 2.28. The molecule has 1 aromatic carbocycles. The first kappa shape index (κ1) is 9.90. The number of rotatable bonds is 3. The SMILES string of the molecule is CCC[n+]1cc2c(OC)cccc2cn1. The van der Waals surface area contributed by atoms with Crippen molar-refractivity contribution in [2.45, 2.75) is 19.9 Å². The zero-order valence-corrected chi connectivity index (χ0v) is 9.10. The van der Waals surface area contributed by atoms with Crippen LogP contribution in [0, 0.1) is 0 Å². The predicted octanol–water partition coefficient (Wildman–Crippen LogP) is 1.94. The molecule has 15 heavy (non-hydrogen) atoms. The highest BCUT2D eigenvalue weighted by atomic mass is 16.5. The Bertz CT molecular complexity index is 468. The van der Waals surface area contributed by atoms with Crippen molar-refractivity contribution in [2.75, 3.05) is 7.11 Å². The van der Waals surface area contributed by atoms with E-state index in [4.69, 9.17) is 4.74 Å². The molecule has 0 amide bonds. The number of hydrogen-bond acceptors (Lipinski definition) is 2. The fourth-order valence-corrected chi connectivity index (χ4v) is 1.66. The minimum Gasteiger partial charge on any atom is -0.496 e. The number of aromatic nitrogens is 2. The van der Waals surface area contributed by atoms with E-state index < -0.39 is 0 Å². The van der Waals surface area contributed by atoms with Crippen LogP contribution < -0.4 is 9.42 Å².